The zero-order valence-electron chi connectivity index (χ0n) is 13.8. The third-order valence-corrected chi connectivity index (χ3v) is 4.16. The minimum Gasteiger partial charge on any atom is -0.423 e. The molecule has 0 aliphatic rings. The molecule has 0 bridgehead atoms. The number of hydrogen-bond donors (Lipinski definition) is 3. The maximum Gasteiger partial charge on any atom is 0.488 e. The molecule has 0 radical (unpaired) electrons. The number of rotatable bonds is 4. The molecule has 0 saturated carbocycles. The molecule has 1 heterocycles. The first-order valence-corrected chi connectivity index (χ1v) is 7.93. The van der Waals surface area contributed by atoms with Crippen LogP contribution in [0.3, 0.4) is 0 Å². The summed E-state index contributed by atoms with van der Waals surface area (Å²) in [6.07, 6.45) is -5.60. The second kappa shape index (κ2) is 7.18. The van der Waals surface area contributed by atoms with Gasteiger partial charge >= 0.3 is 18.9 Å². The fourth-order valence-electron chi connectivity index (χ4n) is 2.80. The lowest BCUT2D eigenvalue weighted by atomic mass is 9.80. The number of aliphatic hydroxyl groups is 1. The van der Waals surface area contributed by atoms with Crippen molar-refractivity contribution in [1.82, 2.24) is 0 Å². The van der Waals surface area contributed by atoms with E-state index in [-0.39, 0.29) is 22.9 Å². The maximum absolute atomic E-state index is 13.1. The average molecular weight is 378 g/mol. The largest absolute Gasteiger partial charge is 0.488 e. The van der Waals surface area contributed by atoms with E-state index >= 15 is 0 Å². The predicted octanol–water partition coefficient (Wildman–Crippen LogP) is 1.77. The van der Waals surface area contributed by atoms with Crippen LogP contribution < -0.4 is 11.1 Å². The first-order chi connectivity index (χ1) is 12.6. The summed E-state index contributed by atoms with van der Waals surface area (Å²) in [5, 5.41) is 28.2. The molecule has 3 aromatic rings. The first kappa shape index (κ1) is 19.2. The molecular formula is C18H14BF3O5. The number of halogens is 3. The fraction of sp³-hybridized carbons (Fsp3) is 0.167. The van der Waals surface area contributed by atoms with Gasteiger partial charge in [-0.2, -0.15) is 13.2 Å². The molecule has 27 heavy (non-hydrogen) atoms. The van der Waals surface area contributed by atoms with E-state index in [0.717, 1.165) is 0 Å². The molecule has 1 unspecified atom stereocenters. The molecule has 0 fully saturated rings. The quantitative estimate of drug-likeness (QED) is 0.476. The van der Waals surface area contributed by atoms with E-state index in [0.29, 0.717) is 17.2 Å². The van der Waals surface area contributed by atoms with Crippen LogP contribution in [-0.2, 0) is 12.6 Å². The Morgan fingerprint density at radius 2 is 1.70 bits per heavy atom. The molecule has 0 aliphatic heterocycles. The number of fused-ring (bicyclic) bond motifs is 1. The molecule has 1 aromatic heterocycles. The lowest BCUT2D eigenvalue weighted by Gasteiger charge is -2.13. The molecule has 0 amide bonds. The number of aliphatic hydroxyl groups excluding tert-OH is 1. The summed E-state index contributed by atoms with van der Waals surface area (Å²) >= 11 is 0. The summed E-state index contributed by atoms with van der Waals surface area (Å²) in [7, 11) is -1.62. The molecule has 140 valence electrons. The van der Waals surface area contributed by atoms with Crippen LogP contribution in [0.2, 0.25) is 0 Å². The van der Waals surface area contributed by atoms with E-state index < -0.39 is 30.6 Å². The summed E-state index contributed by atoms with van der Waals surface area (Å²) < 4.78 is 44.1. The van der Waals surface area contributed by atoms with E-state index in [1.807, 2.05) is 0 Å². The summed E-state index contributed by atoms with van der Waals surface area (Å²) in [4.78, 5) is 11.4. The molecule has 0 spiro atoms. The Hall–Kier alpha value is -2.62. The van der Waals surface area contributed by atoms with Gasteiger partial charge in [0, 0.05) is 17.9 Å². The fourth-order valence-corrected chi connectivity index (χ4v) is 2.80. The van der Waals surface area contributed by atoms with Crippen LogP contribution >= 0.6 is 0 Å². The summed E-state index contributed by atoms with van der Waals surface area (Å²) in [5.41, 5.74) is -1.16. The first-order valence-electron chi connectivity index (χ1n) is 7.93. The Labute approximate surface area is 151 Å². The Morgan fingerprint density at radius 1 is 1.04 bits per heavy atom. The third kappa shape index (κ3) is 4.21. The SMILES string of the molecule is O=c1cc(C(F)(F)F)c2ccc(CC(O)c3ccc(B(O)O)cc3)cc2o1. The van der Waals surface area contributed by atoms with E-state index in [2.05, 4.69) is 0 Å². The van der Waals surface area contributed by atoms with Crippen molar-refractivity contribution in [3.63, 3.8) is 0 Å². The predicted molar refractivity (Wildman–Crippen MR) is 92.4 cm³/mol. The van der Waals surface area contributed by atoms with Crippen molar-refractivity contribution in [3.8, 4) is 0 Å². The van der Waals surface area contributed by atoms with Gasteiger partial charge in [-0.25, -0.2) is 4.79 Å². The Bertz CT molecular complexity index is 1010. The van der Waals surface area contributed by atoms with Gasteiger partial charge in [0.05, 0.1) is 11.7 Å². The van der Waals surface area contributed by atoms with Crippen LogP contribution in [0.5, 0.6) is 0 Å². The molecule has 0 saturated heterocycles. The topological polar surface area (TPSA) is 90.9 Å². The highest BCUT2D eigenvalue weighted by atomic mass is 19.4. The van der Waals surface area contributed by atoms with E-state index in [1.54, 1.807) is 0 Å². The van der Waals surface area contributed by atoms with E-state index in [9.17, 15) is 23.1 Å². The standard InChI is InChI=1S/C18H14BF3O5/c20-18(21,22)14-9-17(24)27-16-8-10(1-6-13(14)16)7-15(23)11-2-4-12(5-3-11)19(25)26/h1-6,8-9,15,23,25-26H,7H2. The van der Waals surface area contributed by atoms with Crippen molar-refractivity contribution >= 4 is 23.6 Å². The van der Waals surface area contributed by atoms with Crippen molar-refractivity contribution in [2.24, 2.45) is 0 Å². The monoisotopic (exact) mass is 378 g/mol. The molecule has 0 aliphatic carbocycles. The van der Waals surface area contributed by atoms with Gasteiger partial charge in [0.15, 0.2) is 0 Å². The molecule has 9 heteroatoms. The van der Waals surface area contributed by atoms with Crippen LogP contribution in [0.25, 0.3) is 11.0 Å². The highest BCUT2D eigenvalue weighted by Crippen LogP contribution is 2.34. The molecule has 2 aromatic carbocycles. The summed E-state index contributed by atoms with van der Waals surface area (Å²) in [6, 6.07) is 10.2. The van der Waals surface area contributed by atoms with Crippen molar-refractivity contribution in [2.75, 3.05) is 0 Å². The maximum atomic E-state index is 13.1. The van der Waals surface area contributed by atoms with Crippen LogP contribution in [0.1, 0.15) is 22.8 Å². The number of hydrogen-bond acceptors (Lipinski definition) is 5. The van der Waals surface area contributed by atoms with Crippen molar-refractivity contribution in [3.05, 3.63) is 75.6 Å². The van der Waals surface area contributed by atoms with E-state index in [4.69, 9.17) is 14.5 Å². The average Bonchev–Trinajstić information content (AvgIpc) is 2.60. The number of benzene rings is 2. The summed E-state index contributed by atoms with van der Waals surface area (Å²) in [5.74, 6) is 0. The van der Waals surface area contributed by atoms with Crippen molar-refractivity contribution in [1.29, 1.82) is 0 Å². The van der Waals surface area contributed by atoms with Gasteiger partial charge in [-0.05, 0) is 22.7 Å². The second-order valence-corrected chi connectivity index (χ2v) is 6.07. The lowest BCUT2D eigenvalue weighted by molar-refractivity contribution is -0.136. The highest BCUT2D eigenvalue weighted by molar-refractivity contribution is 6.58. The second-order valence-electron chi connectivity index (χ2n) is 6.07. The van der Waals surface area contributed by atoms with Gasteiger partial charge in [0.2, 0.25) is 0 Å². The minimum atomic E-state index is -4.69. The Morgan fingerprint density at radius 3 is 2.30 bits per heavy atom. The molecule has 3 rings (SSSR count). The van der Waals surface area contributed by atoms with E-state index in [1.165, 1.54) is 42.5 Å². The normalized spacial score (nSPS) is 13.0. The van der Waals surface area contributed by atoms with Crippen molar-refractivity contribution in [2.45, 2.75) is 18.7 Å². The van der Waals surface area contributed by atoms with Crippen LogP contribution in [0, 0.1) is 0 Å². The zero-order chi connectivity index (χ0) is 19.8. The molecule has 1 atom stereocenters. The van der Waals surface area contributed by atoms with Gasteiger partial charge in [-0.1, -0.05) is 36.4 Å². The lowest BCUT2D eigenvalue weighted by Crippen LogP contribution is -2.29. The molecular weight excluding hydrogens is 364 g/mol. The van der Waals surface area contributed by atoms with Crippen LogP contribution in [0.15, 0.2) is 57.7 Å². The molecule has 3 N–H and O–H groups in total. The van der Waals surface area contributed by atoms with Crippen molar-refractivity contribution < 1.29 is 32.7 Å². The van der Waals surface area contributed by atoms with Crippen LogP contribution in [-0.4, -0.2) is 22.3 Å². The number of alkyl halides is 3. The van der Waals surface area contributed by atoms with Gasteiger partial charge in [0.25, 0.3) is 0 Å². The minimum absolute atomic E-state index is 0.0664. The third-order valence-electron chi connectivity index (χ3n) is 4.16. The van der Waals surface area contributed by atoms with Gasteiger partial charge < -0.3 is 19.6 Å². The zero-order valence-corrected chi connectivity index (χ0v) is 13.8. The Kier molecular flexibility index (Phi) is 5.10. The van der Waals surface area contributed by atoms with Gasteiger partial charge in [0.1, 0.15) is 5.58 Å². The summed E-state index contributed by atoms with van der Waals surface area (Å²) in [6.45, 7) is 0. The highest BCUT2D eigenvalue weighted by Gasteiger charge is 2.33. The van der Waals surface area contributed by atoms with Gasteiger partial charge in [-0.15, -0.1) is 0 Å². The molecule has 5 nitrogen and oxygen atoms in total. The smallest absolute Gasteiger partial charge is 0.423 e. The Balaban J connectivity index is 1.90. The van der Waals surface area contributed by atoms with Gasteiger partial charge in [-0.3, -0.25) is 0 Å². The van der Waals surface area contributed by atoms with Crippen LogP contribution in [0.4, 0.5) is 13.2 Å².